The quantitative estimate of drug-likeness (QED) is 0.628. The average molecular weight is 286 g/mol. The van der Waals surface area contributed by atoms with Crippen LogP contribution in [0.1, 0.15) is 26.7 Å². The molecule has 2 amide bonds. The van der Waals surface area contributed by atoms with E-state index in [0.29, 0.717) is 25.9 Å². The number of rotatable bonds is 5. The largest absolute Gasteiger partial charge is 0.480 e. The van der Waals surface area contributed by atoms with Gasteiger partial charge in [0, 0.05) is 24.9 Å². The van der Waals surface area contributed by atoms with Crippen molar-refractivity contribution in [2.45, 2.75) is 32.7 Å². The first-order valence-corrected chi connectivity index (χ1v) is 6.79. The van der Waals surface area contributed by atoms with Gasteiger partial charge in [-0.25, -0.2) is 4.79 Å². The first kappa shape index (κ1) is 16.4. The summed E-state index contributed by atoms with van der Waals surface area (Å²) in [5, 5.41) is 20.0. The molecule has 7 heteroatoms. The molecule has 0 radical (unpaired) electrons. The highest BCUT2D eigenvalue weighted by Crippen LogP contribution is 2.19. The number of aliphatic hydroxyl groups is 1. The van der Waals surface area contributed by atoms with Crippen LogP contribution in [-0.4, -0.2) is 58.6 Å². The molecular formula is C13H22N2O5. The fourth-order valence-electron chi connectivity index (χ4n) is 2.20. The second kappa shape index (κ2) is 7.23. The molecule has 20 heavy (non-hydrogen) atoms. The van der Waals surface area contributed by atoms with E-state index in [0.717, 1.165) is 0 Å². The maximum Gasteiger partial charge on any atom is 0.328 e. The van der Waals surface area contributed by atoms with Crippen molar-refractivity contribution in [3.63, 3.8) is 0 Å². The summed E-state index contributed by atoms with van der Waals surface area (Å²) in [6.07, 6.45) is 1.03. The molecular weight excluding hydrogens is 264 g/mol. The fraction of sp³-hybridized carbons (Fsp3) is 0.769. The molecule has 1 heterocycles. The molecule has 1 saturated heterocycles. The van der Waals surface area contributed by atoms with Gasteiger partial charge < -0.3 is 20.4 Å². The van der Waals surface area contributed by atoms with Crippen molar-refractivity contribution in [3.05, 3.63) is 0 Å². The Morgan fingerprint density at radius 3 is 2.20 bits per heavy atom. The maximum absolute atomic E-state index is 11.9. The number of carboxylic acid groups (broad SMARTS) is 1. The van der Waals surface area contributed by atoms with Crippen molar-refractivity contribution in [1.29, 1.82) is 0 Å². The van der Waals surface area contributed by atoms with Gasteiger partial charge in [0.1, 0.15) is 6.04 Å². The van der Waals surface area contributed by atoms with Crippen LogP contribution in [0, 0.1) is 11.8 Å². The normalized spacial score (nSPS) is 17.9. The molecule has 0 aliphatic carbocycles. The summed E-state index contributed by atoms with van der Waals surface area (Å²) >= 11 is 0. The zero-order chi connectivity index (χ0) is 15.3. The van der Waals surface area contributed by atoms with Gasteiger partial charge in [0.25, 0.3) is 0 Å². The Balaban J connectivity index is 2.47. The predicted octanol–water partition coefficient (Wildman–Crippen LogP) is -0.557. The standard InChI is InChI=1S/C13H22N2O5/c1-8(2)12(18)15-5-3-9(4-6-15)11(17)14-10(7-16)13(19)20/h8-10,16H,3-7H2,1-2H3,(H,14,17)(H,19,20). The summed E-state index contributed by atoms with van der Waals surface area (Å²) in [5.74, 6) is -1.93. The summed E-state index contributed by atoms with van der Waals surface area (Å²) in [6.45, 7) is 4.04. The molecule has 1 rings (SSSR count). The molecule has 1 unspecified atom stereocenters. The van der Waals surface area contributed by atoms with Crippen LogP contribution in [0.3, 0.4) is 0 Å². The van der Waals surface area contributed by atoms with E-state index in [2.05, 4.69) is 5.32 Å². The van der Waals surface area contributed by atoms with Crippen molar-refractivity contribution in [2.75, 3.05) is 19.7 Å². The fourth-order valence-corrected chi connectivity index (χ4v) is 2.20. The zero-order valence-electron chi connectivity index (χ0n) is 11.8. The molecule has 0 aromatic rings. The SMILES string of the molecule is CC(C)C(=O)N1CCC(C(=O)NC(CO)C(=O)O)CC1. The highest BCUT2D eigenvalue weighted by Gasteiger charge is 2.30. The van der Waals surface area contributed by atoms with Crippen LogP contribution in [0.5, 0.6) is 0 Å². The molecule has 7 nitrogen and oxygen atoms in total. The summed E-state index contributed by atoms with van der Waals surface area (Å²) < 4.78 is 0. The zero-order valence-corrected chi connectivity index (χ0v) is 11.8. The van der Waals surface area contributed by atoms with Gasteiger partial charge in [0.05, 0.1) is 6.61 Å². The predicted molar refractivity (Wildman–Crippen MR) is 70.8 cm³/mol. The third-order valence-corrected chi connectivity index (χ3v) is 3.47. The Morgan fingerprint density at radius 1 is 1.25 bits per heavy atom. The van der Waals surface area contributed by atoms with E-state index in [1.165, 1.54) is 0 Å². The topological polar surface area (TPSA) is 107 Å². The van der Waals surface area contributed by atoms with Crippen LogP contribution in [0.25, 0.3) is 0 Å². The number of hydrogen-bond acceptors (Lipinski definition) is 4. The minimum absolute atomic E-state index is 0.0637. The van der Waals surface area contributed by atoms with Gasteiger partial charge in [0.15, 0.2) is 0 Å². The van der Waals surface area contributed by atoms with Crippen LogP contribution in [-0.2, 0) is 14.4 Å². The number of likely N-dealkylation sites (tertiary alicyclic amines) is 1. The number of carboxylic acids is 1. The van der Waals surface area contributed by atoms with Gasteiger partial charge in [-0.15, -0.1) is 0 Å². The molecule has 1 fully saturated rings. The number of piperidine rings is 1. The minimum atomic E-state index is -1.27. The lowest BCUT2D eigenvalue weighted by molar-refractivity contribution is -0.144. The first-order chi connectivity index (χ1) is 9.36. The molecule has 0 spiro atoms. The van der Waals surface area contributed by atoms with E-state index < -0.39 is 18.6 Å². The summed E-state index contributed by atoms with van der Waals surface area (Å²) in [5.41, 5.74) is 0. The molecule has 0 bridgehead atoms. The van der Waals surface area contributed by atoms with Gasteiger partial charge in [-0.2, -0.15) is 0 Å². The molecule has 1 aliphatic heterocycles. The average Bonchev–Trinajstić information content (AvgIpc) is 2.43. The monoisotopic (exact) mass is 286 g/mol. The van der Waals surface area contributed by atoms with Crippen LogP contribution in [0.4, 0.5) is 0 Å². The van der Waals surface area contributed by atoms with Gasteiger partial charge in [-0.05, 0) is 12.8 Å². The summed E-state index contributed by atoms with van der Waals surface area (Å²) in [4.78, 5) is 36.2. The van der Waals surface area contributed by atoms with Crippen molar-refractivity contribution in [1.82, 2.24) is 10.2 Å². The van der Waals surface area contributed by atoms with E-state index in [9.17, 15) is 14.4 Å². The van der Waals surface area contributed by atoms with Gasteiger partial charge >= 0.3 is 5.97 Å². The lowest BCUT2D eigenvalue weighted by atomic mass is 9.95. The Kier molecular flexibility index (Phi) is 5.94. The molecule has 0 aromatic heterocycles. The van der Waals surface area contributed by atoms with E-state index in [-0.39, 0.29) is 23.7 Å². The molecule has 3 N–H and O–H groups in total. The second-order valence-corrected chi connectivity index (χ2v) is 5.34. The Bertz CT molecular complexity index is 375. The number of amides is 2. The molecule has 1 aliphatic rings. The van der Waals surface area contributed by atoms with E-state index in [1.54, 1.807) is 4.90 Å². The smallest absolute Gasteiger partial charge is 0.328 e. The lowest BCUT2D eigenvalue weighted by Gasteiger charge is -2.32. The molecule has 1 atom stereocenters. The van der Waals surface area contributed by atoms with Crippen molar-refractivity contribution >= 4 is 17.8 Å². The number of carbonyl (C=O) groups is 3. The number of hydrogen-bond donors (Lipinski definition) is 3. The maximum atomic E-state index is 11.9. The number of aliphatic carboxylic acids is 1. The lowest BCUT2D eigenvalue weighted by Crippen LogP contribution is -2.49. The molecule has 0 aromatic carbocycles. The summed E-state index contributed by atoms with van der Waals surface area (Å²) in [6, 6.07) is -1.27. The van der Waals surface area contributed by atoms with Crippen molar-refractivity contribution in [3.8, 4) is 0 Å². The number of nitrogens with one attached hydrogen (secondary N) is 1. The van der Waals surface area contributed by atoms with E-state index in [1.807, 2.05) is 13.8 Å². The number of nitrogens with zero attached hydrogens (tertiary/aromatic N) is 1. The van der Waals surface area contributed by atoms with E-state index >= 15 is 0 Å². The molecule has 114 valence electrons. The van der Waals surface area contributed by atoms with Gasteiger partial charge in [-0.1, -0.05) is 13.8 Å². The van der Waals surface area contributed by atoms with Gasteiger partial charge in [0.2, 0.25) is 11.8 Å². The van der Waals surface area contributed by atoms with E-state index in [4.69, 9.17) is 10.2 Å². The Hall–Kier alpha value is -1.63. The van der Waals surface area contributed by atoms with Crippen LogP contribution in [0.15, 0.2) is 0 Å². The number of aliphatic hydroxyl groups excluding tert-OH is 1. The highest BCUT2D eigenvalue weighted by atomic mass is 16.4. The van der Waals surface area contributed by atoms with Crippen LogP contribution >= 0.6 is 0 Å². The highest BCUT2D eigenvalue weighted by molar-refractivity contribution is 5.85. The van der Waals surface area contributed by atoms with Crippen molar-refractivity contribution in [2.24, 2.45) is 11.8 Å². The minimum Gasteiger partial charge on any atom is -0.480 e. The Morgan fingerprint density at radius 2 is 1.80 bits per heavy atom. The third kappa shape index (κ3) is 4.19. The summed E-state index contributed by atoms with van der Waals surface area (Å²) in [7, 11) is 0. The number of carbonyl (C=O) groups excluding carboxylic acids is 2. The van der Waals surface area contributed by atoms with Crippen LogP contribution in [0.2, 0.25) is 0 Å². The van der Waals surface area contributed by atoms with Gasteiger partial charge in [-0.3, -0.25) is 9.59 Å². The molecule has 0 saturated carbocycles. The van der Waals surface area contributed by atoms with Crippen molar-refractivity contribution < 1.29 is 24.6 Å². The van der Waals surface area contributed by atoms with Crippen LogP contribution < -0.4 is 5.32 Å². The first-order valence-electron chi connectivity index (χ1n) is 6.79. The Labute approximate surface area is 117 Å². The third-order valence-electron chi connectivity index (χ3n) is 3.47. The second-order valence-electron chi connectivity index (χ2n) is 5.34.